The number of aliphatic hydroxyl groups is 1. The zero-order valence-electron chi connectivity index (χ0n) is 11.5. The topological polar surface area (TPSA) is 47.9 Å². The maximum Gasteiger partial charge on any atom is 0.0979 e. The van der Waals surface area contributed by atoms with Crippen LogP contribution in [-0.2, 0) is 14.2 Å². The Balaban J connectivity index is 0.000000141. The zero-order valence-corrected chi connectivity index (χ0v) is 13.7. The molecule has 0 spiro atoms. The Morgan fingerprint density at radius 2 is 2.00 bits per heavy atom. The van der Waals surface area contributed by atoms with Crippen molar-refractivity contribution in [2.24, 2.45) is 11.8 Å². The molecule has 0 aromatic rings. The Bertz CT molecular complexity index is 294. The second-order valence-electron chi connectivity index (χ2n) is 5.48. The molecule has 3 aliphatic heterocycles. The molecular weight excluding hydrogens is 359 g/mol. The SMILES string of the molecule is C[C@@H](CO)[C@@H]1C=CCO1.C[C@H]1CO[C@@H]2C(I)CO[C@@H]21. The molecule has 2 fully saturated rings. The first kappa shape index (κ1) is 15.7. The predicted octanol–water partition coefficient (Wildman–Crippen LogP) is 1.79. The molecule has 3 rings (SSSR count). The Kier molecular flexibility index (Phi) is 6.08. The highest BCUT2D eigenvalue weighted by atomic mass is 127. The van der Waals surface area contributed by atoms with Crippen LogP contribution in [0.3, 0.4) is 0 Å². The predicted molar refractivity (Wildman–Crippen MR) is 81.6 cm³/mol. The fourth-order valence-electron chi connectivity index (χ4n) is 2.51. The van der Waals surface area contributed by atoms with Gasteiger partial charge in [-0.3, -0.25) is 0 Å². The van der Waals surface area contributed by atoms with Gasteiger partial charge in [0.2, 0.25) is 0 Å². The van der Waals surface area contributed by atoms with E-state index in [1.165, 1.54) is 0 Å². The summed E-state index contributed by atoms with van der Waals surface area (Å²) in [6.07, 6.45) is 4.91. The van der Waals surface area contributed by atoms with Gasteiger partial charge in [-0.1, -0.05) is 48.6 Å². The molecule has 0 radical (unpaired) electrons. The van der Waals surface area contributed by atoms with Crippen LogP contribution in [0.4, 0.5) is 0 Å². The normalized spacial score (nSPS) is 41.8. The van der Waals surface area contributed by atoms with Gasteiger partial charge in [-0.25, -0.2) is 0 Å². The summed E-state index contributed by atoms with van der Waals surface area (Å²) < 4.78 is 16.9. The first-order valence-electron chi connectivity index (χ1n) is 6.90. The van der Waals surface area contributed by atoms with Crippen LogP contribution < -0.4 is 0 Å². The minimum absolute atomic E-state index is 0.148. The van der Waals surface area contributed by atoms with Gasteiger partial charge in [0, 0.05) is 18.4 Å². The zero-order chi connectivity index (χ0) is 13.8. The van der Waals surface area contributed by atoms with Gasteiger partial charge in [0.1, 0.15) is 0 Å². The van der Waals surface area contributed by atoms with E-state index in [4.69, 9.17) is 19.3 Å². The number of hydrogen-bond donors (Lipinski definition) is 1. The van der Waals surface area contributed by atoms with Crippen molar-refractivity contribution in [1.82, 2.24) is 0 Å². The van der Waals surface area contributed by atoms with Crippen LogP contribution in [0.25, 0.3) is 0 Å². The fourth-order valence-corrected chi connectivity index (χ4v) is 3.34. The third-order valence-corrected chi connectivity index (χ3v) is 4.87. The van der Waals surface area contributed by atoms with E-state index in [1.807, 2.05) is 19.1 Å². The van der Waals surface area contributed by atoms with Crippen molar-refractivity contribution in [1.29, 1.82) is 0 Å². The van der Waals surface area contributed by atoms with Crippen molar-refractivity contribution < 1.29 is 19.3 Å². The number of fused-ring (bicyclic) bond motifs is 1. The number of hydrogen-bond acceptors (Lipinski definition) is 4. The Morgan fingerprint density at radius 1 is 1.26 bits per heavy atom. The quantitative estimate of drug-likeness (QED) is 0.450. The second-order valence-corrected chi connectivity index (χ2v) is 7.08. The molecule has 3 heterocycles. The number of ether oxygens (including phenoxy) is 3. The molecule has 0 aromatic carbocycles. The summed E-state index contributed by atoms with van der Waals surface area (Å²) in [5.74, 6) is 0.841. The maximum absolute atomic E-state index is 8.68. The van der Waals surface area contributed by atoms with Gasteiger partial charge in [0.15, 0.2) is 0 Å². The standard InChI is InChI=1S/C7H11IO2.C7H12O2/c1-4-2-9-7-5(8)3-10-6(4)7;1-6(5-8)7-3-2-4-9-7/h4-7H,2-3H2,1H3;2-3,6-8H,4-5H2,1H3/t4-,5?,6+,7+;6-,7-/m00/s1. The molecule has 5 heteroatoms. The molecule has 0 aromatic heterocycles. The number of rotatable bonds is 2. The van der Waals surface area contributed by atoms with Crippen molar-refractivity contribution in [3.05, 3.63) is 12.2 Å². The number of halogens is 1. The van der Waals surface area contributed by atoms with E-state index < -0.39 is 0 Å². The first-order chi connectivity index (χ1) is 9.13. The van der Waals surface area contributed by atoms with Gasteiger partial charge in [-0.05, 0) is 0 Å². The summed E-state index contributed by atoms with van der Waals surface area (Å²) in [5, 5.41) is 8.68. The van der Waals surface area contributed by atoms with Crippen LogP contribution in [0.2, 0.25) is 0 Å². The molecule has 0 saturated carbocycles. The Morgan fingerprint density at radius 3 is 2.58 bits per heavy atom. The lowest BCUT2D eigenvalue weighted by atomic mass is 10.1. The maximum atomic E-state index is 8.68. The van der Waals surface area contributed by atoms with Gasteiger partial charge in [-0.15, -0.1) is 0 Å². The molecule has 1 unspecified atom stereocenters. The monoisotopic (exact) mass is 382 g/mol. The van der Waals surface area contributed by atoms with Gasteiger partial charge in [0.05, 0.1) is 42.1 Å². The van der Waals surface area contributed by atoms with E-state index in [0.29, 0.717) is 28.7 Å². The van der Waals surface area contributed by atoms with Gasteiger partial charge < -0.3 is 19.3 Å². The molecule has 6 atom stereocenters. The van der Waals surface area contributed by atoms with E-state index in [-0.39, 0.29) is 18.6 Å². The average Bonchev–Trinajstić information content (AvgIpc) is 3.11. The number of alkyl halides is 1. The Labute approximate surface area is 128 Å². The largest absolute Gasteiger partial charge is 0.396 e. The first-order valence-corrected chi connectivity index (χ1v) is 8.14. The minimum atomic E-state index is 0.148. The third-order valence-electron chi connectivity index (χ3n) is 3.80. The van der Waals surface area contributed by atoms with Crippen LogP contribution in [0, 0.1) is 11.8 Å². The van der Waals surface area contributed by atoms with E-state index in [0.717, 1.165) is 13.2 Å². The van der Waals surface area contributed by atoms with Crippen molar-refractivity contribution >= 4 is 22.6 Å². The van der Waals surface area contributed by atoms with Crippen LogP contribution >= 0.6 is 22.6 Å². The molecule has 1 N–H and O–H groups in total. The smallest absolute Gasteiger partial charge is 0.0979 e. The molecule has 19 heavy (non-hydrogen) atoms. The molecule has 2 saturated heterocycles. The lowest BCUT2D eigenvalue weighted by molar-refractivity contribution is 0.0604. The number of aliphatic hydroxyl groups excluding tert-OH is 1. The highest BCUT2D eigenvalue weighted by Crippen LogP contribution is 2.34. The van der Waals surface area contributed by atoms with E-state index in [1.54, 1.807) is 0 Å². The molecule has 0 bridgehead atoms. The third kappa shape index (κ3) is 3.91. The highest BCUT2D eigenvalue weighted by molar-refractivity contribution is 14.1. The summed E-state index contributed by atoms with van der Waals surface area (Å²) in [4.78, 5) is 0. The minimum Gasteiger partial charge on any atom is -0.396 e. The molecule has 0 amide bonds. The lowest BCUT2D eigenvalue weighted by Gasteiger charge is -2.13. The van der Waals surface area contributed by atoms with E-state index in [2.05, 4.69) is 29.5 Å². The summed E-state index contributed by atoms with van der Waals surface area (Å²) in [6, 6.07) is 0. The van der Waals surface area contributed by atoms with Gasteiger partial charge >= 0.3 is 0 Å². The molecule has 4 nitrogen and oxygen atoms in total. The van der Waals surface area contributed by atoms with Crippen molar-refractivity contribution in [3.63, 3.8) is 0 Å². The molecular formula is C14H23IO4. The van der Waals surface area contributed by atoms with Gasteiger partial charge in [-0.2, -0.15) is 0 Å². The van der Waals surface area contributed by atoms with E-state index >= 15 is 0 Å². The van der Waals surface area contributed by atoms with Crippen molar-refractivity contribution in [2.75, 3.05) is 26.4 Å². The van der Waals surface area contributed by atoms with E-state index in [9.17, 15) is 0 Å². The highest BCUT2D eigenvalue weighted by Gasteiger charge is 2.44. The molecule has 0 aliphatic carbocycles. The van der Waals surface area contributed by atoms with Crippen LogP contribution in [-0.4, -0.2) is 53.8 Å². The van der Waals surface area contributed by atoms with Gasteiger partial charge in [0.25, 0.3) is 0 Å². The van der Waals surface area contributed by atoms with Crippen LogP contribution in [0.5, 0.6) is 0 Å². The molecule has 110 valence electrons. The summed E-state index contributed by atoms with van der Waals surface area (Å²) in [6.45, 7) is 6.83. The summed E-state index contributed by atoms with van der Waals surface area (Å²) in [7, 11) is 0. The average molecular weight is 382 g/mol. The fraction of sp³-hybridized carbons (Fsp3) is 0.857. The van der Waals surface area contributed by atoms with Crippen LogP contribution in [0.1, 0.15) is 13.8 Å². The molecule has 3 aliphatic rings. The summed E-state index contributed by atoms with van der Waals surface area (Å²) >= 11 is 2.41. The Hall–Kier alpha value is 0.310. The van der Waals surface area contributed by atoms with Crippen molar-refractivity contribution in [2.45, 2.75) is 36.1 Å². The second kappa shape index (κ2) is 7.36. The lowest BCUT2D eigenvalue weighted by Crippen LogP contribution is -2.24. The van der Waals surface area contributed by atoms with Crippen LogP contribution in [0.15, 0.2) is 12.2 Å². The summed E-state index contributed by atoms with van der Waals surface area (Å²) in [5.41, 5.74) is 0. The van der Waals surface area contributed by atoms with Crippen molar-refractivity contribution in [3.8, 4) is 0 Å².